The van der Waals surface area contributed by atoms with E-state index in [0.29, 0.717) is 5.69 Å². The number of hydrogen-bond acceptors (Lipinski definition) is 5. The van der Waals surface area contributed by atoms with E-state index < -0.39 is 18.5 Å². The molecule has 0 aliphatic carbocycles. The Morgan fingerprint density at radius 1 is 1.17 bits per heavy atom. The van der Waals surface area contributed by atoms with Crippen LogP contribution < -0.4 is 10.9 Å². The van der Waals surface area contributed by atoms with Gasteiger partial charge in [0.2, 0.25) is 5.76 Å². The van der Waals surface area contributed by atoms with Crippen molar-refractivity contribution in [3.8, 4) is 5.69 Å². The van der Waals surface area contributed by atoms with Crippen LogP contribution in [0.3, 0.4) is 0 Å². The minimum Gasteiger partial charge on any atom is -0.457 e. The van der Waals surface area contributed by atoms with Crippen LogP contribution in [0.5, 0.6) is 0 Å². The molecule has 8 nitrogen and oxygen atoms in total. The first kappa shape index (κ1) is 15.3. The van der Waals surface area contributed by atoms with Crippen LogP contribution in [0.15, 0.2) is 64.0 Å². The topological polar surface area (TPSA) is 106 Å². The van der Waals surface area contributed by atoms with Crippen molar-refractivity contribution in [3.63, 3.8) is 0 Å². The summed E-state index contributed by atoms with van der Waals surface area (Å²) < 4.78 is 10.9. The van der Waals surface area contributed by atoms with Crippen molar-refractivity contribution in [1.82, 2.24) is 9.78 Å². The van der Waals surface area contributed by atoms with Gasteiger partial charge < -0.3 is 14.5 Å². The molecule has 0 saturated heterocycles. The van der Waals surface area contributed by atoms with Crippen LogP contribution in [0, 0.1) is 0 Å². The van der Waals surface area contributed by atoms with Crippen molar-refractivity contribution in [3.05, 3.63) is 70.9 Å². The van der Waals surface area contributed by atoms with Gasteiger partial charge in [-0.3, -0.25) is 14.7 Å². The van der Waals surface area contributed by atoms with E-state index in [0.717, 1.165) is 0 Å². The monoisotopic (exact) mass is 327 g/mol. The Hall–Kier alpha value is -3.55. The van der Waals surface area contributed by atoms with Gasteiger partial charge in [-0.15, -0.1) is 0 Å². The summed E-state index contributed by atoms with van der Waals surface area (Å²) in [6, 6.07) is 13.1. The lowest BCUT2D eigenvalue weighted by Gasteiger charge is -2.04. The molecule has 0 unspecified atom stereocenters. The Balaban J connectivity index is 1.61. The maximum Gasteiger partial charge on any atom is 0.374 e. The number of H-pyrrole nitrogens is 1. The van der Waals surface area contributed by atoms with Crippen LogP contribution in [0.1, 0.15) is 10.6 Å². The number of aromatic amines is 1. The van der Waals surface area contributed by atoms with Crippen LogP contribution >= 0.6 is 0 Å². The highest BCUT2D eigenvalue weighted by Crippen LogP contribution is 2.06. The van der Waals surface area contributed by atoms with Gasteiger partial charge in [-0.2, -0.15) is 0 Å². The van der Waals surface area contributed by atoms with Gasteiger partial charge in [0.1, 0.15) is 5.82 Å². The van der Waals surface area contributed by atoms with Gasteiger partial charge in [-0.1, -0.05) is 18.2 Å². The van der Waals surface area contributed by atoms with Crippen LogP contribution in [0.4, 0.5) is 5.82 Å². The largest absolute Gasteiger partial charge is 0.457 e. The van der Waals surface area contributed by atoms with E-state index in [2.05, 4.69) is 10.4 Å². The fourth-order valence-corrected chi connectivity index (χ4v) is 2.01. The van der Waals surface area contributed by atoms with Crippen molar-refractivity contribution < 1.29 is 18.7 Å². The zero-order valence-electron chi connectivity index (χ0n) is 12.4. The lowest BCUT2D eigenvalue weighted by atomic mass is 10.3. The predicted molar refractivity (Wildman–Crippen MR) is 84.0 cm³/mol. The maximum absolute atomic E-state index is 11.9. The van der Waals surface area contributed by atoms with Gasteiger partial charge in [0.25, 0.3) is 11.5 Å². The van der Waals surface area contributed by atoms with Crippen molar-refractivity contribution in [2.24, 2.45) is 0 Å². The average Bonchev–Trinajstić information content (AvgIpc) is 3.23. The number of esters is 1. The lowest BCUT2D eigenvalue weighted by molar-refractivity contribution is -0.119. The zero-order valence-corrected chi connectivity index (χ0v) is 12.4. The number of carbonyl (C=O) groups excluding carboxylic acids is 2. The second-order valence-electron chi connectivity index (χ2n) is 4.78. The van der Waals surface area contributed by atoms with Gasteiger partial charge in [-0.05, 0) is 24.3 Å². The van der Waals surface area contributed by atoms with Crippen molar-refractivity contribution in [2.75, 3.05) is 11.9 Å². The van der Waals surface area contributed by atoms with E-state index in [-0.39, 0.29) is 17.1 Å². The number of anilines is 1. The molecule has 122 valence electrons. The van der Waals surface area contributed by atoms with Gasteiger partial charge in [0.15, 0.2) is 6.61 Å². The van der Waals surface area contributed by atoms with Crippen molar-refractivity contribution >= 4 is 17.7 Å². The standard InChI is InChI=1S/C16H13N3O5/c20-14(10-24-16(22)12-7-4-8-23-12)17-13-9-15(21)19(18-13)11-5-2-1-3-6-11/h1-9,18H,10H2,(H,17,20). The number of hydrogen-bond donors (Lipinski definition) is 2. The Kier molecular flexibility index (Phi) is 4.28. The van der Waals surface area contributed by atoms with Crippen LogP contribution in [-0.4, -0.2) is 28.3 Å². The van der Waals surface area contributed by atoms with Gasteiger partial charge in [0.05, 0.1) is 12.0 Å². The molecule has 1 aromatic carbocycles. The van der Waals surface area contributed by atoms with Crippen LogP contribution in [0.2, 0.25) is 0 Å². The molecule has 0 radical (unpaired) electrons. The zero-order chi connectivity index (χ0) is 16.9. The number of nitrogens with zero attached hydrogens (tertiary/aromatic N) is 1. The molecular formula is C16H13N3O5. The van der Waals surface area contributed by atoms with Crippen LogP contribution in [0.25, 0.3) is 5.69 Å². The normalized spacial score (nSPS) is 10.3. The molecule has 0 spiro atoms. The summed E-state index contributed by atoms with van der Waals surface area (Å²) in [5, 5.41) is 5.21. The number of furan rings is 1. The summed E-state index contributed by atoms with van der Waals surface area (Å²) in [6.07, 6.45) is 1.33. The van der Waals surface area contributed by atoms with E-state index in [9.17, 15) is 14.4 Å². The number of aromatic nitrogens is 2. The summed E-state index contributed by atoms with van der Waals surface area (Å²) in [4.78, 5) is 35.3. The molecule has 2 heterocycles. The van der Waals surface area contributed by atoms with Crippen molar-refractivity contribution in [2.45, 2.75) is 0 Å². The predicted octanol–water partition coefficient (Wildman–Crippen LogP) is 1.55. The maximum atomic E-state index is 11.9. The number of benzene rings is 1. The first-order valence-corrected chi connectivity index (χ1v) is 7.01. The third-order valence-electron chi connectivity index (χ3n) is 3.07. The summed E-state index contributed by atoms with van der Waals surface area (Å²) in [5.74, 6) is -1.13. The Morgan fingerprint density at radius 2 is 1.96 bits per heavy atom. The molecule has 0 fully saturated rings. The second kappa shape index (κ2) is 6.69. The molecule has 2 aromatic heterocycles. The molecule has 0 bridgehead atoms. The van der Waals surface area contributed by atoms with Gasteiger partial charge >= 0.3 is 5.97 Å². The third-order valence-corrected chi connectivity index (χ3v) is 3.07. The minimum absolute atomic E-state index is 0.00596. The average molecular weight is 327 g/mol. The summed E-state index contributed by atoms with van der Waals surface area (Å²) >= 11 is 0. The van der Waals surface area contributed by atoms with E-state index >= 15 is 0 Å². The summed E-state index contributed by atoms with van der Waals surface area (Å²) in [6.45, 7) is -0.502. The molecule has 0 aliphatic rings. The molecule has 1 amide bonds. The quantitative estimate of drug-likeness (QED) is 0.692. The Labute approximate surface area is 135 Å². The second-order valence-corrected chi connectivity index (χ2v) is 4.78. The Morgan fingerprint density at radius 3 is 2.67 bits per heavy atom. The van der Waals surface area contributed by atoms with Gasteiger partial charge in [0, 0.05) is 6.07 Å². The third kappa shape index (κ3) is 3.43. The number of nitrogens with one attached hydrogen (secondary N) is 2. The van der Waals surface area contributed by atoms with E-state index in [1.54, 1.807) is 24.3 Å². The number of amides is 1. The van der Waals surface area contributed by atoms with E-state index in [4.69, 9.17) is 9.15 Å². The lowest BCUT2D eigenvalue weighted by Crippen LogP contribution is -2.21. The first-order chi connectivity index (χ1) is 11.6. The molecular weight excluding hydrogens is 314 g/mol. The number of ether oxygens (including phenoxy) is 1. The number of carbonyl (C=O) groups is 2. The minimum atomic E-state index is -0.745. The fourth-order valence-electron chi connectivity index (χ4n) is 2.01. The van der Waals surface area contributed by atoms with Crippen LogP contribution in [-0.2, 0) is 9.53 Å². The summed E-state index contributed by atoms with van der Waals surface area (Å²) in [5.41, 5.74) is 0.302. The number of rotatable bonds is 5. The van der Waals surface area contributed by atoms with E-state index in [1.807, 2.05) is 6.07 Å². The smallest absolute Gasteiger partial charge is 0.374 e. The molecule has 24 heavy (non-hydrogen) atoms. The molecule has 3 aromatic rings. The van der Waals surface area contributed by atoms with Gasteiger partial charge in [-0.25, -0.2) is 9.48 Å². The SMILES string of the molecule is O=C(COC(=O)c1ccco1)Nc1cc(=O)n(-c2ccccc2)[nH]1. The summed E-state index contributed by atoms with van der Waals surface area (Å²) in [7, 11) is 0. The first-order valence-electron chi connectivity index (χ1n) is 7.01. The highest BCUT2D eigenvalue weighted by molar-refractivity contribution is 5.93. The molecule has 0 aliphatic heterocycles. The molecule has 8 heteroatoms. The molecule has 2 N–H and O–H groups in total. The Bertz CT molecular complexity index is 893. The highest BCUT2D eigenvalue weighted by atomic mass is 16.5. The van der Waals surface area contributed by atoms with E-state index in [1.165, 1.54) is 29.1 Å². The van der Waals surface area contributed by atoms with Crippen molar-refractivity contribution in [1.29, 1.82) is 0 Å². The fraction of sp³-hybridized carbons (Fsp3) is 0.0625. The highest BCUT2D eigenvalue weighted by Gasteiger charge is 2.13. The number of para-hydroxylation sites is 1. The molecule has 0 saturated carbocycles. The molecule has 3 rings (SSSR count). The molecule has 0 atom stereocenters.